The largest absolute Gasteiger partial charge is 0.443 e. The van der Waals surface area contributed by atoms with E-state index in [-0.39, 0.29) is 34.1 Å². The molecule has 1 fully saturated rings. The Morgan fingerprint density at radius 1 is 1.48 bits per heavy atom. The molecule has 0 aliphatic carbocycles. The van der Waals surface area contributed by atoms with Gasteiger partial charge in [0.2, 0.25) is 5.89 Å². The van der Waals surface area contributed by atoms with E-state index in [1.54, 1.807) is 0 Å². The minimum atomic E-state index is -0.0129. The number of aromatic nitrogens is 1. The van der Waals surface area contributed by atoms with Crippen molar-refractivity contribution in [3.8, 4) is 0 Å². The van der Waals surface area contributed by atoms with Crippen molar-refractivity contribution in [1.82, 2.24) is 15.2 Å². The first kappa shape index (κ1) is 20.6. The average Bonchev–Trinajstić information content (AvgIpc) is 2.87. The zero-order valence-corrected chi connectivity index (χ0v) is 18.1. The number of thioether (sulfide) groups is 1. The number of nitrogens with zero attached hydrogens (tertiary/aromatic N) is 3. The van der Waals surface area contributed by atoms with Crippen molar-refractivity contribution in [2.75, 3.05) is 25.9 Å². The zero-order chi connectivity index (χ0) is 16.4. The van der Waals surface area contributed by atoms with Crippen LogP contribution in [0.3, 0.4) is 0 Å². The summed E-state index contributed by atoms with van der Waals surface area (Å²) in [5, 5.41) is 3.37. The molecule has 1 aromatic rings. The van der Waals surface area contributed by atoms with E-state index in [2.05, 4.69) is 54.8 Å². The quantitative estimate of drug-likeness (QED) is 0.423. The molecule has 132 valence electrons. The van der Waals surface area contributed by atoms with Crippen molar-refractivity contribution in [3.05, 3.63) is 17.8 Å². The maximum Gasteiger partial charge on any atom is 0.213 e. The topological polar surface area (TPSA) is 53.7 Å². The first-order valence-electron chi connectivity index (χ1n) is 7.76. The molecule has 0 aromatic carbocycles. The van der Waals surface area contributed by atoms with E-state index >= 15 is 0 Å². The van der Waals surface area contributed by atoms with Crippen LogP contribution in [-0.4, -0.2) is 46.5 Å². The van der Waals surface area contributed by atoms with Crippen molar-refractivity contribution in [2.24, 2.45) is 4.99 Å². The second-order valence-electron chi connectivity index (χ2n) is 7.30. The smallest absolute Gasteiger partial charge is 0.213 e. The van der Waals surface area contributed by atoms with Gasteiger partial charge in [0.25, 0.3) is 0 Å². The Morgan fingerprint density at radius 2 is 2.17 bits per heavy atom. The highest BCUT2D eigenvalue weighted by Crippen LogP contribution is 2.29. The molecule has 2 rings (SSSR count). The molecule has 0 unspecified atom stereocenters. The molecule has 1 aliphatic heterocycles. The Balaban J connectivity index is 0.00000264. The van der Waals surface area contributed by atoms with E-state index in [0.29, 0.717) is 12.4 Å². The van der Waals surface area contributed by atoms with Crippen LogP contribution in [0.4, 0.5) is 0 Å². The number of aliphatic imine (C=N–C) groups is 1. The molecule has 0 saturated carbocycles. The van der Waals surface area contributed by atoms with Crippen molar-refractivity contribution in [2.45, 2.75) is 51.3 Å². The van der Waals surface area contributed by atoms with Crippen molar-refractivity contribution >= 4 is 41.7 Å². The van der Waals surface area contributed by atoms with Gasteiger partial charge in [-0.1, -0.05) is 20.8 Å². The van der Waals surface area contributed by atoms with Crippen molar-refractivity contribution in [3.63, 3.8) is 0 Å². The van der Waals surface area contributed by atoms with Gasteiger partial charge >= 0.3 is 0 Å². The van der Waals surface area contributed by atoms with Gasteiger partial charge in [-0.2, -0.15) is 11.8 Å². The lowest BCUT2D eigenvalue weighted by Gasteiger charge is -2.39. The Hall–Kier alpha value is -0.440. The fourth-order valence-corrected chi connectivity index (χ4v) is 3.53. The molecule has 0 atom stereocenters. The first-order chi connectivity index (χ1) is 10.2. The minimum Gasteiger partial charge on any atom is -0.443 e. The normalized spacial score (nSPS) is 18.5. The maximum atomic E-state index is 5.82. The molecule has 23 heavy (non-hydrogen) atoms. The third kappa shape index (κ3) is 5.85. The molecule has 7 heteroatoms. The van der Waals surface area contributed by atoms with E-state index in [9.17, 15) is 0 Å². The SMILES string of the molecule is CN=C(NCc1ncc(C(C)(C)C)o1)N1CCSC(C)(C)C1.I. The molecule has 2 heterocycles. The fourth-order valence-electron chi connectivity index (χ4n) is 2.42. The Morgan fingerprint density at radius 3 is 2.70 bits per heavy atom. The molecule has 1 aromatic heterocycles. The summed E-state index contributed by atoms with van der Waals surface area (Å²) in [6, 6.07) is 0. The van der Waals surface area contributed by atoms with Gasteiger partial charge in [-0.3, -0.25) is 4.99 Å². The van der Waals surface area contributed by atoms with Gasteiger partial charge in [0.15, 0.2) is 5.96 Å². The lowest BCUT2D eigenvalue weighted by molar-refractivity contribution is 0.361. The Labute approximate surface area is 161 Å². The molecule has 1 saturated heterocycles. The first-order valence-corrected chi connectivity index (χ1v) is 8.74. The van der Waals surface area contributed by atoms with Gasteiger partial charge in [0, 0.05) is 36.1 Å². The highest BCUT2D eigenvalue weighted by atomic mass is 127. The summed E-state index contributed by atoms with van der Waals surface area (Å²) in [4.78, 5) is 11.1. The van der Waals surface area contributed by atoms with Gasteiger partial charge < -0.3 is 14.6 Å². The van der Waals surface area contributed by atoms with Crippen LogP contribution < -0.4 is 5.32 Å². The van der Waals surface area contributed by atoms with Crippen LogP contribution in [0.5, 0.6) is 0 Å². The van der Waals surface area contributed by atoms with Gasteiger partial charge in [0.1, 0.15) is 5.76 Å². The van der Waals surface area contributed by atoms with Gasteiger partial charge in [-0.05, 0) is 13.8 Å². The van der Waals surface area contributed by atoms with E-state index in [0.717, 1.165) is 30.6 Å². The fraction of sp³-hybridized carbons (Fsp3) is 0.750. The lowest BCUT2D eigenvalue weighted by Crippen LogP contribution is -2.50. The third-order valence-electron chi connectivity index (χ3n) is 3.63. The van der Waals surface area contributed by atoms with Gasteiger partial charge in [-0.25, -0.2) is 4.98 Å². The molecule has 0 amide bonds. The second-order valence-corrected chi connectivity index (χ2v) is 9.10. The number of rotatable bonds is 2. The number of hydrogen-bond acceptors (Lipinski definition) is 4. The van der Waals surface area contributed by atoms with E-state index in [1.165, 1.54) is 0 Å². The summed E-state index contributed by atoms with van der Waals surface area (Å²) in [5.74, 6) is 3.66. The number of halogens is 1. The molecule has 0 bridgehead atoms. The summed E-state index contributed by atoms with van der Waals surface area (Å²) >= 11 is 2.02. The minimum absolute atomic E-state index is 0. The number of oxazole rings is 1. The third-order valence-corrected chi connectivity index (χ3v) is 4.92. The number of hydrogen-bond donors (Lipinski definition) is 1. The molecule has 0 radical (unpaired) electrons. The van der Waals surface area contributed by atoms with E-state index in [1.807, 2.05) is 25.0 Å². The summed E-state index contributed by atoms with van der Waals surface area (Å²) in [7, 11) is 1.83. The monoisotopic (exact) mass is 452 g/mol. The highest BCUT2D eigenvalue weighted by molar-refractivity contribution is 14.0. The van der Waals surface area contributed by atoms with Crippen LogP contribution in [-0.2, 0) is 12.0 Å². The molecular weight excluding hydrogens is 423 g/mol. The summed E-state index contributed by atoms with van der Waals surface area (Å²) < 4.78 is 6.08. The summed E-state index contributed by atoms with van der Waals surface area (Å²) in [6.45, 7) is 13.5. The van der Waals surface area contributed by atoms with E-state index < -0.39 is 0 Å². The number of guanidine groups is 1. The van der Waals surface area contributed by atoms with E-state index in [4.69, 9.17) is 4.42 Å². The van der Waals surface area contributed by atoms with Gasteiger partial charge in [0.05, 0.1) is 12.7 Å². The van der Waals surface area contributed by atoms with Crippen LogP contribution in [0.25, 0.3) is 0 Å². The van der Waals surface area contributed by atoms with Crippen molar-refractivity contribution in [1.29, 1.82) is 0 Å². The zero-order valence-electron chi connectivity index (χ0n) is 15.0. The van der Waals surface area contributed by atoms with Crippen LogP contribution in [0.1, 0.15) is 46.3 Å². The molecule has 1 N–H and O–H groups in total. The average molecular weight is 452 g/mol. The highest BCUT2D eigenvalue weighted by Gasteiger charge is 2.28. The molecule has 1 aliphatic rings. The Bertz CT molecular complexity index is 536. The number of nitrogens with one attached hydrogen (secondary N) is 1. The van der Waals surface area contributed by atoms with Gasteiger partial charge in [-0.15, -0.1) is 24.0 Å². The van der Waals surface area contributed by atoms with Crippen LogP contribution in [0.15, 0.2) is 15.6 Å². The summed E-state index contributed by atoms with van der Waals surface area (Å²) in [6.07, 6.45) is 1.82. The maximum absolute atomic E-state index is 5.82. The summed E-state index contributed by atoms with van der Waals surface area (Å²) in [5.41, 5.74) is -0.0129. The van der Waals surface area contributed by atoms with Crippen LogP contribution in [0, 0.1) is 0 Å². The Kier molecular flexibility index (Phi) is 7.25. The lowest BCUT2D eigenvalue weighted by atomic mass is 9.94. The molecule has 0 spiro atoms. The van der Waals surface area contributed by atoms with Crippen molar-refractivity contribution < 1.29 is 4.42 Å². The predicted octanol–water partition coefficient (Wildman–Crippen LogP) is 3.49. The van der Waals surface area contributed by atoms with Crippen LogP contribution in [0.2, 0.25) is 0 Å². The standard InChI is InChI=1S/C16H28N4OS.HI/c1-15(2,3)12-9-18-13(21-12)10-19-14(17-6)20-7-8-22-16(4,5)11-20;/h9H,7-8,10-11H2,1-6H3,(H,17,19);1H. The molecule has 5 nitrogen and oxygen atoms in total. The second kappa shape index (κ2) is 8.09. The predicted molar refractivity (Wildman–Crippen MR) is 109 cm³/mol. The van der Waals surface area contributed by atoms with Crippen LogP contribution >= 0.6 is 35.7 Å². The molecular formula is C16H29IN4OS.